The van der Waals surface area contributed by atoms with Gasteiger partial charge >= 0.3 is 0 Å². The van der Waals surface area contributed by atoms with Crippen molar-refractivity contribution in [3.05, 3.63) is 28.9 Å². The standard InChI is InChI=1S/C10H9BrN2O/c11-8-2-1-7-4-13(9-5-14-6-9)12-10(7)3-8/h1-4,9H,5-6H2. The first-order valence-corrected chi connectivity index (χ1v) is 5.34. The van der Waals surface area contributed by atoms with Crippen LogP contribution < -0.4 is 0 Å². The molecule has 0 unspecified atom stereocenters. The minimum Gasteiger partial charge on any atom is -0.377 e. The van der Waals surface area contributed by atoms with Gasteiger partial charge in [0, 0.05) is 16.1 Å². The minimum absolute atomic E-state index is 0.432. The van der Waals surface area contributed by atoms with E-state index in [2.05, 4.69) is 33.3 Å². The topological polar surface area (TPSA) is 27.1 Å². The molecular weight excluding hydrogens is 244 g/mol. The Morgan fingerprint density at radius 1 is 1.43 bits per heavy atom. The number of nitrogens with zero attached hydrogens (tertiary/aromatic N) is 2. The average molecular weight is 253 g/mol. The van der Waals surface area contributed by atoms with Crippen molar-refractivity contribution in [2.75, 3.05) is 13.2 Å². The first kappa shape index (κ1) is 8.44. The summed E-state index contributed by atoms with van der Waals surface area (Å²) in [6.45, 7) is 1.57. The van der Waals surface area contributed by atoms with Gasteiger partial charge in [-0.1, -0.05) is 22.0 Å². The number of ether oxygens (including phenoxy) is 1. The van der Waals surface area contributed by atoms with Crippen molar-refractivity contribution in [3.63, 3.8) is 0 Å². The van der Waals surface area contributed by atoms with E-state index in [-0.39, 0.29) is 0 Å². The Balaban J connectivity index is 2.10. The lowest BCUT2D eigenvalue weighted by Gasteiger charge is -2.25. The summed E-state index contributed by atoms with van der Waals surface area (Å²) < 4.78 is 8.21. The summed E-state index contributed by atoms with van der Waals surface area (Å²) >= 11 is 3.44. The van der Waals surface area contributed by atoms with Crippen LogP contribution >= 0.6 is 15.9 Å². The molecule has 4 heteroatoms. The van der Waals surface area contributed by atoms with Gasteiger partial charge in [0.15, 0.2) is 0 Å². The lowest BCUT2D eigenvalue weighted by atomic mass is 10.2. The molecular formula is C10H9BrN2O. The highest BCUT2D eigenvalue weighted by Gasteiger charge is 2.21. The lowest BCUT2D eigenvalue weighted by Crippen LogP contribution is -2.30. The zero-order valence-corrected chi connectivity index (χ0v) is 9.07. The molecule has 0 radical (unpaired) electrons. The number of rotatable bonds is 1. The summed E-state index contributed by atoms with van der Waals surface area (Å²) in [5, 5.41) is 5.68. The Labute approximate surface area is 89.8 Å². The monoisotopic (exact) mass is 252 g/mol. The highest BCUT2D eigenvalue weighted by molar-refractivity contribution is 9.10. The summed E-state index contributed by atoms with van der Waals surface area (Å²) in [6, 6.07) is 6.57. The molecule has 1 saturated heterocycles. The van der Waals surface area contributed by atoms with Crippen molar-refractivity contribution < 1.29 is 4.74 Å². The number of hydrogen-bond acceptors (Lipinski definition) is 2. The van der Waals surface area contributed by atoms with Gasteiger partial charge in [-0.15, -0.1) is 0 Å². The first-order chi connectivity index (χ1) is 6.83. The molecule has 1 aliphatic rings. The number of aromatic nitrogens is 2. The molecule has 1 aromatic heterocycles. The summed E-state index contributed by atoms with van der Waals surface area (Å²) in [4.78, 5) is 0. The third kappa shape index (κ3) is 1.26. The van der Waals surface area contributed by atoms with Crippen LogP contribution in [0.4, 0.5) is 0 Å². The second kappa shape index (κ2) is 3.07. The predicted octanol–water partition coefficient (Wildman–Crippen LogP) is 2.37. The van der Waals surface area contributed by atoms with Crippen LogP contribution in [0, 0.1) is 0 Å². The molecule has 0 saturated carbocycles. The summed E-state index contributed by atoms with van der Waals surface area (Å²) in [7, 11) is 0. The van der Waals surface area contributed by atoms with Gasteiger partial charge in [0.1, 0.15) is 0 Å². The van der Waals surface area contributed by atoms with Gasteiger partial charge < -0.3 is 4.74 Å². The predicted molar refractivity (Wildman–Crippen MR) is 57.3 cm³/mol. The first-order valence-electron chi connectivity index (χ1n) is 4.55. The van der Waals surface area contributed by atoms with Crippen molar-refractivity contribution in [2.45, 2.75) is 6.04 Å². The van der Waals surface area contributed by atoms with Crippen molar-refractivity contribution in [2.24, 2.45) is 0 Å². The Kier molecular flexibility index (Phi) is 1.85. The van der Waals surface area contributed by atoms with Crippen LogP contribution in [0.25, 0.3) is 10.9 Å². The van der Waals surface area contributed by atoms with Crippen LogP contribution in [0.3, 0.4) is 0 Å². The molecule has 2 heterocycles. The SMILES string of the molecule is Brc1ccc2cn(C3COC3)nc2c1. The maximum Gasteiger partial charge on any atom is 0.0985 e. The number of hydrogen-bond donors (Lipinski definition) is 0. The summed E-state index contributed by atoms with van der Waals surface area (Å²) in [5.41, 5.74) is 1.03. The molecule has 0 spiro atoms. The van der Waals surface area contributed by atoms with Crippen LogP contribution in [-0.2, 0) is 4.74 Å². The molecule has 0 aliphatic carbocycles. The van der Waals surface area contributed by atoms with Gasteiger partial charge in [-0.2, -0.15) is 5.10 Å². The average Bonchev–Trinajstić information content (AvgIpc) is 2.43. The molecule has 14 heavy (non-hydrogen) atoms. The quantitative estimate of drug-likeness (QED) is 0.780. The maximum atomic E-state index is 5.14. The Hall–Kier alpha value is -0.870. The number of halogens is 1. The molecule has 3 nitrogen and oxygen atoms in total. The number of fused-ring (bicyclic) bond motifs is 1. The summed E-state index contributed by atoms with van der Waals surface area (Å²) in [5.74, 6) is 0. The van der Waals surface area contributed by atoms with Crippen molar-refractivity contribution in [3.8, 4) is 0 Å². The fourth-order valence-electron chi connectivity index (χ4n) is 1.57. The third-order valence-corrected chi connectivity index (χ3v) is 2.97. The molecule has 0 amide bonds. The van der Waals surface area contributed by atoms with Crippen LogP contribution in [0.1, 0.15) is 6.04 Å². The molecule has 72 valence electrons. The minimum atomic E-state index is 0.432. The molecule has 1 aromatic carbocycles. The second-order valence-corrected chi connectivity index (χ2v) is 4.42. The molecule has 0 bridgehead atoms. The fraction of sp³-hybridized carbons (Fsp3) is 0.300. The lowest BCUT2D eigenvalue weighted by molar-refractivity contribution is -0.0283. The van der Waals surface area contributed by atoms with Gasteiger partial charge in [0.25, 0.3) is 0 Å². The highest BCUT2D eigenvalue weighted by atomic mass is 79.9. The Morgan fingerprint density at radius 3 is 3.00 bits per heavy atom. The van der Waals surface area contributed by atoms with Gasteiger partial charge in [0.2, 0.25) is 0 Å². The van der Waals surface area contributed by atoms with Crippen LogP contribution in [0.5, 0.6) is 0 Å². The van der Waals surface area contributed by atoms with E-state index in [4.69, 9.17) is 4.74 Å². The van der Waals surface area contributed by atoms with Crippen molar-refractivity contribution in [1.82, 2.24) is 9.78 Å². The smallest absolute Gasteiger partial charge is 0.0985 e. The van der Waals surface area contributed by atoms with E-state index in [0.717, 1.165) is 23.2 Å². The van der Waals surface area contributed by atoms with Crippen LogP contribution in [-0.4, -0.2) is 23.0 Å². The Bertz CT molecular complexity index is 476. The fourth-order valence-corrected chi connectivity index (χ4v) is 1.92. The molecule has 0 N–H and O–H groups in total. The largest absolute Gasteiger partial charge is 0.377 e. The highest BCUT2D eigenvalue weighted by Crippen LogP contribution is 2.22. The van der Waals surface area contributed by atoms with E-state index in [0.29, 0.717) is 6.04 Å². The van der Waals surface area contributed by atoms with E-state index in [1.54, 1.807) is 0 Å². The maximum absolute atomic E-state index is 5.14. The van der Waals surface area contributed by atoms with Crippen LogP contribution in [0.15, 0.2) is 28.9 Å². The van der Waals surface area contributed by atoms with Crippen molar-refractivity contribution in [1.29, 1.82) is 0 Å². The second-order valence-electron chi connectivity index (χ2n) is 3.50. The molecule has 1 fully saturated rings. The summed E-state index contributed by atoms with van der Waals surface area (Å²) in [6.07, 6.45) is 2.08. The molecule has 0 atom stereocenters. The van der Waals surface area contributed by atoms with Gasteiger partial charge in [-0.25, -0.2) is 0 Å². The third-order valence-electron chi connectivity index (χ3n) is 2.48. The van der Waals surface area contributed by atoms with E-state index >= 15 is 0 Å². The Morgan fingerprint density at radius 2 is 2.29 bits per heavy atom. The van der Waals surface area contributed by atoms with Gasteiger partial charge in [-0.3, -0.25) is 4.68 Å². The molecule has 1 aliphatic heterocycles. The van der Waals surface area contributed by atoms with Crippen molar-refractivity contribution >= 4 is 26.8 Å². The normalized spacial score (nSPS) is 17.2. The van der Waals surface area contributed by atoms with Gasteiger partial charge in [-0.05, 0) is 12.1 Å². The van der Waals surface area contributed by atoms with E-state index in [1.807, 2.05) is 16.8 Å². The van der Waals surface area contributed by atoms with E-state index in [9.17, 15) is 0 Å². The number of benzene rings is 1. The van der Waals surface area contributed by atoms with Crippen LogP contribution in [0.2, 0.25) is 0 Å². The molecule has 2 aromatic rings. The zero-order chi connectivity index (χ0) is 9.54. The van der Waals surface area contributed by atoms with Gasteiger partial charge in [0.05, 0.1) is 24.8 Å². The molecule has 3 rings (SSSR count). The zero-order valence-electron chi connectivity index (χ0n) is 7.48. The van der Waals surface area contributed by atoms with E-state index in [1.165, 1.54) is 5.39 Å². The van der Waals surface area contributed by atoms with E-state index < -0.39 is 0 Å².